The van der Waals surface area contributed by atoms with E-state index in [-0.39, 0.29) is 5.97 Å². The van der Waals surface area contributed by atoms with Crippen LogP contribution in [0.1, 0.15) is 35.2 Å². The highest BCUT2D eigenvalue weighted by atomic mass is 32.1. The Kier molecular flexibility index (Phi) is 5.86. The van der Waals surface area contributed by atoms with Crippen molar-refractivity contribution in [2.24, 2.45) is 5.41 Å². The van der Waals surface area contributed by atoms with Crippen LogP contribution in [0.5, 0.6) is 0 Å². The molecule has 1 unspecified atom stereocenters. The lowest BCUT2D eigenvalue weighted by Gasteiger charge is -2.41. The van der Waals surface area contributed by atoms with Gasteiger partial charge in [-0.3, -0.25) is 9.69 Å². The molecule has 1 aliphatic heterocycles. The predicted molar refractivity (Wildman–Crippen MR) is 101 cm³/mol. The van der Waals surface area contributed by atoms with Gasteiger partial charge in [-0.05, 0) is 45.2 Å². The number of carbonyl (C=O) groups is 1. The average molecular weight is 359 g/mol. The van der Waals surface area contributed by atoms with Crippen LogP contribution in [-0.4, -0.2) is 35.5 Å². The number of aryl methyl sites for hydroxylation is 1. The van der Waals surface area contributed by atoms with Crippen molar-refractivity contribution in [1.29, 1.82) is 0 Å². The maximum Gasteiger partial charge on any atom is 0.313 e. The zero-order valence-electron chi connectivity index (χ0n) is 15.0. The first-order valence-corrected chi connectivity index (χ1v) is 9.78. The molecule has 25 heavy (non-hydrogen) atoms. The summed E-state index contributed by atoms with van der Waals surface area (Å²) in [5, 5.41) is 1.09. The first kappa shape index (κ1) is 18.1. The van der Waals surface area contributed by atoms with E-state index < -0.39 is 5.41 Å². The number of benzene rings is 1. The molecule has 3 rings (SSSR count). The molecule has 1 saturated heterocycles. The molecular formula is C20H26N2O2S. The lowest BCUT2D eigenvalue weighted by Crippen LogP contribution is -2.49. The fourth-order valence-electron chi connectivity index (χ4n) is 3.71. The van der Waals surface area contributed by atoms with Gasteiger partial charge in [0.15, 0.2) is 0 Å². The molecule has 0 radical (unpaired) electrons. The monoisotopic (exact) mass is 358 g/mol. The summed E-state index contributed by atoms with van der Waals surface area (Å²) in [7, 11) is 0. The highest BCUT2D eigenvalue weighted by molar-refractivity contribution is 7.11. The number of nitrogens with zero attached hydrogens (tertiary/aromatic N) is 2. The fourth-order valence-corrected chi connectivity index (χ4v) is 4.55. The van der Waals surface area contributed by atoms with E-state index in [0.717, 1.165) is 43.9 Å². The highest BCUT2D eigenvalue weighted by Crippen LogP contribution is 2.36. The Morgan fingerprint density at radius 3 is 2.84 bits per heavy atom. The third kappa shape index (κ3) is 4.47. The van der Waals surface area contributed by atoms with E-state index in [1.807, 2.05) is 38.2 Å². The largest absolute Gasteiger partial charge is 0.466 e. The van der Waals surface area contributed by atoms with E-state index in [4.69, 9.17) is 4.74 Å². The van der Waals surface area contributed by atoms with Crippen LogP contribution in [0.15, 0.2) is 36.5 Å². The Labute approximate surface area is 153 Å². The Hall–Kier alpha value is -1.72. The summed E-state index contributed by atoms with van der Waals surface area (Å²) < 4.78 is 5.48. The second-order valence-corrected chi connectivity index (χ2v) is 8.14. The molecule has 1 fully saturated rings. The molecule has 0 aliphatic carbocycles. The normalized spacial score (nSPS) is 21.2. The van der Waals surface area contributed by atoms with Crippen molar-refractivity contribution >= 4 is 17.3 Å². The van der Waals surface area contributed by atoms with E-state index in [2.05, 4.69) is 22.0 Å². The molecule has 1 aromatic carbocycles. The van der Waals surface area contributed by atoms with Crippen LogP contribution in [0.4, 0.5) is 0 Å². The zero-order chi connectivity index (χ0) is 17.7. The van der Waals surface area contributed by atoms with Crippen LogP contribution in [0, 0.1) is 12.3 Å². The quantitative estimate of drug-likeness (QED) is 0.736. The molecule has 4 nitrogen and oxygen atoms in total. The van der Waals surface area contributed by atoms with Gasteiger partial charge in [-0.15, -0.1) is 11.3 Å². The summed E-state index contributed by atoms with van der Waals surface area (Å²) >= 11 is 1.74. The van der Waals surface area contributed by atoms with Gasteiger partial charge in [0.05, 0.1) is 17.0 Å². The van der Waals surface area contributed by atoms with Crippen molar-refractivity contribution < 1.29 is 9.53 Å². The molecule has 2 heterocycles. The number of ether oxygens (including phenoxy) is 1. The summed E-state index contributed by atoms with van der Waals surface area (Å²) in [6, 6.07) is 10.3. The van der Waals surface area contributed by atoms with E-state index >= 15 is 0 Å². The summed E-state index contributed by atoms with van der Waals surface area (Å²) in [5.41, 5.74) is 0.751. The van der Waals surface area contributed by atoms with E-state index in [1.54, 1.807) is 11.3 Å². The average Bonchev–Trinajstić information content (AvgIpc) is 3.01. The summed E-state index contributed by atoms with van der Waals surface area (Å²) in [4.78, 5) is 20.9. The Bertz CT molecular complexity index is 701. The van der Waals surface area contributed by atoms with Gasteiger partial charge >= 0.3 is 5.97 Å². The summed E-state index contributed by atoms with van der Waals surface area (Å²) in [6.07, 6.45) is 4.60. The Balaban J connectivity index is 1.79. The van der Waals surface area contributed by atoms with Crippen molar-refractivity contribution in [1.82, 2.24) is 9.88 Å². The molecule has 0 saturated carbocycles. The topological polar surface area (TPSA) is 42.4 Å². The SMILES string of the molecule is CCOC(=O)C1(Cc2ccccc2)CCCN(Cc2cnc(C)s2)C1. The van der Waals surface area contributed by atoms with Gasteiger partial charge in [0.25, 0.3) is 0 Å². The van der Waals surface area contributed by atoms with Crippen LogP contribution >= 0.6 is 11.3 Å². The van der Waals surface area contributed by atoms with Crippen molar-refractivity contribution in [2.45, 2.75) is 39.7 Å². The van der Waals surface area contributed by atoms with Crippen molar-refractivity contribution in [3.63, 3.8) is 0 Å². The molecule has 0 N–H and O–H groups in total. The number of hydrogen-bond donors (Lipinski definition) is 0. The first-order valence-electron chi connectivity index (χ1n) is 8.96. The minimum atomic E-state index is -0.449. The highest BCUT2D eigenvalue weighted by Gasteiger charge is 2.43. The molecule has 1 aliphatic rings. The van der Waals surface area contributed by atoms with Crippen LogP contribution in [0.3, 0.4) is 0 Å². The number of rotatable bonds is 6. The van der Waals surface area contributed by atoms with Gasteiger partial charge in [0.2, 0.25) is 0 Å². The lowest BCUT2D eigenvalue weighted by atomic mass is 9.75. The van der Waals surface area contributed by atoms with Gasteiger partial charge in [-0.1, -0.05) is 30.3 Å². The van der Waals surface area contributed by atoms with Crippen LogP contribution in [0.25, 0.3) is 0 Å². The predicted octanol–water partition coefficient (Wildman–Crippen LogP) is 3.84. The second kappa shape index (κ2) is 8.11. The van der Waals surface area contributed by atoms with Crippen molar-refractivity contribution in [3.05, 3.63) is 52.0 Å². The standard InChI is InChI=1S/C20H26N2O2S/c1-3-24-19(23)20(12-17-8-5-4-6-9-17)10-7-11-22(15-20)14-18-13-21-16(2)25-18/h4-6,8-9,13H,3,7,10-12,14-15H2,1-2H3. The molecule has 1 aromatic heterocycles. The van der Waals surface area contributed by atoms with Gasteiger partial charge in [0, 0.05) is 24.2 Å². The maximum absolute atomic E-state index is 12.9. The van der Waals surface area contributed by atoms with Crippen LogP contribution in [-0.2, 0) is 22.5 Å². The summed E-state index contributed by atoms with van der Waals surface area (Å²) in [6.45, 7) is 6.98. The molecule has 0 amide bonds. The van der Waals surface area contributed by atoms with Crippen molar-refractivity contribution in [2.75, 3.05) is 19.7 Å². The van der Waals surface area contributed by atoms with Gasteiger partial charge < -0.3 is 4.74 Å². The number of carbonyl (C=O) groups excluding carboxylic acids is 1. The van der Waals surface area contributed by atoms with Crippen LogP contribution < -0.4 is 0 Å². The van der Waals surface area contributed by atoms with Crippen molar-refractivity contribution in [3.8, 4) is 0 Å². The second-order valence-electron chi connectivity index (χ2n) is 6.82. The number of thiazole rings is 1. The Morgan fingerprint density at radius 2 is 2.16 bits per heavy atom. The van der Waals surface area contributed by atoms with Gasteiger partial charge in [0.1, 0.15) is 0 Å². The third-order valence-corrected chi connectivity index (χ3v) is 5.70. The van der Waals surface area contributed by atoms with Gasteiger partial charge in [-0.2, -0.15) is 0 Å². The van der Waals surface area contributed by atoms with E-state index in [0.29, 0.717) is 6.61 Å². The van der Waals surface area contributed by atoms with E-state index in [1.165, 1.54) is 10.4 Å². The Morgan fingerprint density at radius 1 is 1.36 bits per heavy atom. The number of hydrogen-bond acceptors (Lipinski definition) is 5. The minimum absolute atomic E-state index is 0.0518. The molecule has 0 spiro atoms. The zero-order valence-corrected chi connectivity index (χ0v) is 15.8. The maximum atomic E-state index is 12.9. The number of likely N-dealkylation sites (tertiary alicyclic amines) is 1. The number of piperidine rings is 1. The third-order valence-electron chi connectivity index (χ3n) is 4.80. The molecule has 134 valence electrons. The molecule has 0 bridgehead atoms. The van der Waals surface area contributed by atoms with Gasteiger partial charge in [-0.25, -0.2) is 4.98 Å². The summed E-state index contributed by atoms with van der Waals surface area (Å²) in [5.74, 6) is -0.0518. The molecule has 1 atom stereocenters. The molecular weight excluding hydrogens is 332 g/mol. The fraction of sp³-hybridized carbons (Fsp3) is 0.500. The minimum Gasteiger partial charge on any atom is -0.466 e. The lowest BCUT2D eigenvalue weighted by molar-refractivity contribution is -0.159. The first-order chi connectivity index (χ1) is 12.1. The molecule has 2 aromatic rings. The number of esters is 1. The number of aromatic nitrogens is 1. The van der Waals surface area contributed by atoms with Crippen LogP contribution in [0.2, 0.25) is 0 Å². The molecule has 5 heteroatoms. The van der Waals surface area contributed by atoms with E-state index in [9.17, 15) is 4.79 Å². The smallest absolute Gasteiger partial charge is 0.313 e.